The highest BCUT2D eigenvalue weighted by Gasteiger charge is 2.30. The van der Waals surface area contributed by atoms with Gasteiger partial charge in [-0.1, -0.05) is 29.5 Å². The van der Waals surface area contributed by atoms with Gasteiger partial charge in [-0.15, -0.1) is 0 Å². The molecule has 0 radical (unpaired) electrons. The molecule has 2 fully saturated rings. The monoisotopic (exact) mass is 374 g/mol. The number of rotatable bonds is 3. The number of benzene rings is 2. The summed E-state index contributed by atoms with van der Waals surface area (Å²) in [6, 6.07) is 17.1. The van der Waals surface area contributed by atoms with Crippen LogP contribution in [0.4, 0.5) is 5.13 Å². The zero-order valence-corrected chi connectivity index (χ0v) is 16.1. The molecule has 0 N–H and O–H groups in total. The fourth-order valence-corrected chi connectivity index (χ4v) is 5.32. The van der Waals surface area contributed by atoms with Crippen LogP contribution in [0.25, 0.3) is 21.3 Å². The molecule has 0 saturated carbocycles. The SMILES string of the molecule is N#Cc1ccc(-c2ccc3nc(N4CC[C@@H](N5CCCC5)C4)sc3c2)cc1. The molecular formula is C22H22N4S. The van der Waals surface area contributed by atoms with E-state index in [1.807, 2.05) is 24.3 Å². The molecule has 2 saturated heterocycles. The minimum atomic E-state index is 0.696. The standard InChI is InChI=1S/C22H22N4S/c23-14-16-3-5-17(6-4-16)18-7-8-20-21(13-18)27-22(24-20)26-12-9-19(15-26)25-10-1-2-11-25/h3-8,13,19H,1-2,9-12,15H2/t19-/m1/s1. The maximum atomic E-state index is 8.97. The minimum absolute atomic E-state index is 0.696. The zero-order valence-electron chi connectivity index (χ0n) is 15.3. The van der Waals surface area contributed by atoms with Crippen molar-refractivity contribution < 1.29 is 0 Å². The van der Waals surface area contributed by atoms with Gasteiger partial charge in [0.15, 0.2) is 5.13 Å². The van der Waals surface area contributed by atoms with Crippen LogP contribution in [0, 0.1) is 11.3 Å². The lowest BCUT2D eigenvalue weighted by Gasteiger charge is -2.23. The number of aromatic nitrogens is 1. The lowest BCUT2D eigenvalue weighted by Crippen LogP contribution is -2.35. The second-order valence-electron chi connectivity index (χ2n) is 7.50. The van der Waals surface area contributed by atoms with Crippen LogP contribution in [0.3, 0.4) is 0 Å². The first-order chi connectivity index (χ1) is 13.3. The predicted octanol–water partition coefficient (Wildman–Crippen LogP) is 4.51. The van der Waals surface area contributed by atoms with E-state index in [0.717, 1.165) is 29.3 Å². The van der Waals surface area contributed by atoms with Crippen molar-refractivity contribution >= 4 is 26.7 Å². The van der Waals surface area contributed by atoms with E-state index < -0.39 is 0 Å². The Morgan fingerprint density at radius 3 is 2.56 bits per heavy atom. The van der Waals surface area contributed by atoms with Gasteiger partial charge in [-0.2, -0.15) is 5.26 Å². The van der Waals surface area contributed by atoms with Gasteiger partial charge in [0.25, 0.3) is 0 Å². The molecule has 1 aromatic heterocycles. The van der Waals surface area contributed by atoms with Crippen molar-refractivity contribution in [3.05, 3.63) is 48.0 Å². The van der Waals surface area contributed by atoms with E-state index in [1.165, 1.54) is 42.6 Å². The van der Waals surface area contributed by atoms with E-state index in [9.17, 15) is 0 Å². The third kappa shape index (κ3) is 3.20. The Labute approximate surface area is 163 Å². The Kier molecular flexibility index (Phi) is 4.31. The van der Waals surface area contributed by atoms with Crippen LogP contribution in [-0.2, 0) is 0 Å². The third-order valence-electron chi connectivity index (χ3n) is 5.82. The summed E-state index contributed by atoms with van der Waals surface area (Å²) >= 11 is 1.80. The number of hydrogen-bond acceptors (Lipinski definition) is 5. The van der Waals surface area contributed by atoms with Crippen LogP contribution in [0.5, 0.6) is 0 Å². The maximum Gasteiger partial charge on any atom is 0.186 e. The van der Waals surface area contributed by atoms with Gasteiger partial charge in [0.05, 0.1) is 21.8 Å². The summed E-state index contributed by atoms with van der Waals surface area (Å²) in [5, 5.41) is 10.1. The van der Waals surface area contributed by atoms with Crippen LogP contribution in [0.15, 0.2) is 42.5 Å². The van der Waals surface area contributed by atoms with Crippen LogP contribution < -0.4 is 4.90 Å². The molecule has 0 bridgehead atoms. The molecule has 0 unspecified atom stereocenters. The first-order valence-corrected chi connectivity index (χ1v) is 10.5. The van der Waals surface area contributed by atoms with Crippen molar-refractivity contribution in [1.29, 1.82) is 5.26 Å². The molecule has 27 heavy (non-hydrogen) atoms. The van der Waals surface area contributed by atoms with Crippen LogP contribution >= 0.6 is 11.3 Å². The molecule has 3 heterocycles. The molecule has 2 aliphatic rings. The number of anilines is 1. The first-order valence-electron chi connectivity index (χ1n) is 9.70. The molecule has 1 atom stereocenters. The lowest BCUT2D eigenvalue weighted by molar-refractivity contribution is 0.260. The highest BCUT2D eigenvalue weighted by molar-refractivity contribution is 7.22. The highest BCUT2D eigenvalue weighted by atomic mass is 32.1. The topological polar surface area (TPSA) is 43.2 Å². The smallest absolute Gasteiger partial charge is 0.186 e. The van der Waals surface area contributed by atoms with E-state index in [4.69, 9.17) is 10.2 Å². The Morgan fingerprint density at radius 1 is 1.00 bits per heavy atom. The third-order valence-corrected chi connectivity index (χ3v) is 6.89. The largest absolute Gasteiger partial charge is 0.346 e. The summed E-state index contributed by atoms with van der Waals surface area (Å²) in [6.45, 7) is 4.77. The van der Waals surface area contributed by atoms with E-state index >= 15 is 0 Å². The molecule has 0 amide bonds. The lowest BCUT2D eigenvalue weighted by atomic mass is 10.0. The summed E-state index contributed by atoms with van der Waals surface area (Å²) in [5.74, 6) is 0. The maximum absolute atomic E-state index is 8.97. The zero-order chi connectivity index (χ0) is 18.2. The normalized spacial score (nSPS) is 20.4. The summed E-state index contributed by atoms with van der Waals surface area (Å²) < 4.78 is 1.23. The number of nitrogens with zero attached hydrogens (tertiary/aromatic N) is 4. The Bertz CT molecular complexity index is 995. The molecule has 5 heteroatoms. The van der Waals surface area contributed by atoms with Crippen LogP contribution in [-0.4, -0.2) is 42.1 Å². The molecule has 2 aromatic carbocycles. The van der Waals surface area contributed by atoms with Crippen molar-refractivity contribution in [2.75, 3.05) is 31.1 Å². The van der Waals surface area contributed by atoms with Crippen LogP contribution in [0.1, 0.15) is 24.8 Å². The quantitative estimate of drug-likeness (QED) is 0.676. The van der Waals surface area contributed by atoms with Gasteiger partial charge in [-0.05, 0) is 67.7 Å². The number of nitriles is 1. The fourth-order valence-electron chi connectivity index (χ4n) is 4.28. The number of thiazole rings is 1. The summed E-state index contributed by atoms with van der Waals surface area (Å²) in [4.78, 5) is 10.0. The van der Waals surface area contributed by atoms with E-state index in [0.29, 0.717) is 11.6 Å². The van der Waals surface area contributed by atoms with Gasteiger partial charge in [0.2, 0.25) is 0 Å². The summed E-state index contributed by atoms with van der Waals surface area (Å²) in [7, 11) is 0. The van der Waals surface area contributed by atoms with E-state index in [-0.39, 0.29) is 0 Å². The summed E-state index contributed by atoms with van der Waals surface area (Å²) in [6.07, 6.45) is 3.97. The Morgan fingerprint density at radius 2 is 1.78 bits per heavy atom. The average molecular weight is 375 g/mol. The molecule has 4 nitrogen and oxygen atoms in total. The van der Waals surface area contributed by atoms with Crippen molar-refractivity contribution in [3.63, 3.8) is 0 Å². The van der Waals surface area contributed by atoms with Gasteiger partial charge < -0.3 is 4.90 Å². The van der Waals surface area contributed by atoms with E-state index in [1.54, 1.807) is 11.3 Å². The second kappa shape index (κ2) is 6.95. The van der Waals surface area contributed by atoms with Crippen molar-refractivity contribution in [2.24, 2.45) is 0 Å². The van der Waals surface area contributed by atoms with Crippen molar-refractivity contribution in [2.45, 2.75) is 25.3 Å². The van der Waals surface area contributed by atoms with Gasteiger partial charge in [-0.3, -0.25) is 4.90 Å². The second-order valence-corrected chi connectivity index (χ2v) is 8.51. The van der Waals surface area contributed by atoms with Gasteiger partial charge >= 0.3 is 0 Å². The fraction of sp³-hybridized carbons (Fsp3) is 0.364. The molecule has 2 aliphatic heterocycles. The van der Waals surface area contributed by atoms with Crippen LogP contribution in [0.2, 0.25) is 0 Å². The Balaban J connectivity index is 1.38. The van der Waals surface area contributed by atoms with Gasteiger partial charge in [0.1, 0.15) is 0 Å². The van der Waals surface area contributed by atoms with Crippen molar-refractivity contribution in [3.8, 4) is 17.2 Å². The molecule has 136 valence electrons. The molecule has 0 aliphatic carbocycles. The van der Waals surface area contributed by atoms with E-state index in [2.05, 4.69) is 34.1 Å². The minimum Gasteiger partial charge on any atom is -0.346 e. The number of fused-ring (bicyclic) bond motifs is 1. The first kappa shape index (κ1) is 16.7. The summed E-state index contributed by atoms with van der Waals surface area (Å²) in [5.41, 5.74) is 4.10. The molecule has 0 spiro atoms. The van der Waals surface area contributed by atoms with Gasteiger partial charge in [-0.25, -0.2) is 4.98 Å². The van der Waals surface area contributed by atoms with Crippen molar-refractivity contribution in [1.82, 2.24) is 9.88 Å². The Hall–Kier alpha value is -2.42. The number of hydrogen-bond donors (Lipinski definition) is 0. The molecule has 5 rings (SSSR count). The predicted molar refractivity (Wildman–Crippen MR) is 111 cm³/mol. The average Bonchev–Trinajstić information content (AvgIpc) is 3.46. The molecular weight excluding hydrogens is 352 g/mol. The molecule has 3 aromatic rings. The van der Waals surface area contributed by atoms with Gasteiger partial charge in [0, 0.05) is 19.1 Å². The number of likely N-dealkylation sites (tertiary alicyclic amines) is 1. The highest BCUT2D eigenvalue weighted by Crippen LogP contribution is 2.34.